The number of fused-ring (bicyclic) bond motifs is 7. The van der Waals surface area contributed by atoms with E-state index in [2.05, 4.69) is 170 Å². The van der Waals surface area contributed by atoms with Crippen molar-refractivity contribution in [3.05, 3.63) is 163 Å². The van der Waals surface area contributed by atoms with Gasteiger partial charge in [0, 0.05) is 42.6 Å². The molecular weight excluding hydrogens is 563 g/mol. The SMILES string of the molecule is CC1(C)c2ccccc2-c2ccc(N(c3ccccc3)c3ccc(-c4cccc5cc6c(cc45)sc4ccccc46)cc3)cc21. The second-order valence-corrected chi connectivity index (χ2v) is 13.7. The Hall–Kier alpha value is -5.18. The standard InChI is InChI=1S/C43H31NS/c1-43(2)39-17-8-6-14-34(39)35-24-23-32(26-40(35)43)44(30-12-4-3-5-13-30)31-21-19-28(20-22-31)33-16-10-11-29-25-38-36-15-7-9-18-41(36)45-42(38)27-37(29)33/h3-27H,1-2H3. The molecule has 45 heavy (non-hydrogen) atoms. The van der Waals surface area contributed by atoms with E-state index in [9.17, 15) is 0 Å². The van der Waals surface area contributed by atoms with Crippen LogP contribution in [0.3, 0.4) is 0 Å². The Morgan fingerprint density at radius 3 is 2.00 bits per heavy atom. The fourth-order valence-electron chi connectivity index (χ4n) is 7.39. The fourth-order valence-corrected chi connectivity index (χ4v) is 8.52. The summed E-state index contributed by atoms with van der Waals surface area (Å²) >= 11 is 1.88. The molecule has 0 fully saturated rings. The highest BCUT2D eigenvalue weighted by atomic mass is 32.1. The lowest BCUT2D eigenvalue weighted by atomic mass is 9.82. The second kappa shape index (κ2) is 9.92. The van der Waals surface area contributed by atoms with E-state index in [4.69, 9.17) is 0 Å². The number of rotatable bonds is 4. The monoisotopic (exact) mass is 593 g/mol. The average molecular weight is 594 g/mol. The average Bonchev–Trinajstić information content (AvgIpc) is 3.56. The number of hydrogen-bond donors (Lipinski definition) is 0. The van der Waals surface area contributed by atoms with E-state index < -0.39 is 0 Å². The molecule has 1 aliphatic carbocycles. The Bertz CT molecular complexity index is 2400. The minimum Gasteiger partial charge on any atom is -0.310 e. The molecule has 0 N–H and O–H groups in total. The van der Waals surface area contributed by atoms with Crippen LogP contribution in [0.4, 0.5) is 17.1 Å². The number of thiophene rings is 1. The Morgan fingerprint density at radius 2 is 1.13 bits per heavy atom. The van der Waals surface area contributed by atoms with Crippen molar-refractivity contribution < 1.29 is 0 Å². The van der Waals surface area contributed by atoms with Crippen molar-refractivity contribution in [3.63, 3.8) is 0 Å². The van der Waals surface area contributed by atoms with E-state index in [1.165, 1.54) is 70.0 Å². The van der Waals surface area contributed by atoms with Crippen LogP contribution in [0.2, 0.25) is 0 Å². The first-order valence-corrected chi connectivity index (χ1v) is 16.4. The highest BCUT2D eigenvalue weighted by Crippen LogP contribution is 2.50. The van der Waals surface area contributed by atoms with Crippen molar-refractivity contribution in [2.75, 3.05) is 4.90 Å². The van der Waals surface area contributed by atoms with Gasteiger partial charge in [-0.05, 0) is 98.8 Å². The molecule has 0 aliphatic heterocycles. The lowest BCUT2D eigenvalue weighted by molar-refractivity contribution is 0.660. The molecule has 7 aromatic carbocycles. The molecular formula is C43H31NS. The Kier molecular flexibility index (Phi) is 5.78. The van der Waals surface area contributed by atoms with Crippen molar-refractivity contribution >= 4 is 59.3 Å². The van der Waals surface area contributed by atoms with Crippen LogP contribution in [0.1, 0.15) is 25.0 Å². The summed E-state index contributed by atoms with van der Waals surface area (Å²) < 4.78 is 2.68. The van der Waals surface area contributed by atoms with Crippen LogP contribution in [0.15, 0.2) is 152 Å². The van der Waals surface area contributed by atoms with Crippen molar-refractivity contribution in [2.45, 2.75) is 19.3 Å². The lowest BCUT2D eigenvalue weighted by Crippen LogP contribution is -2.16. The third kappa shape index (κ3) is 4.06. The van der Waals surface area contributed by atoms with Crippen molar-refractivity contribution in [3.8, 4) is 22.3 Å². The zero-order valence-electron chi connectivity index (χ0n) is 25.3. The first kappa shape index (κ1) is 26.2. The molecule has 0 atom stereocenters. The molecule has 2 heteroatoms. The maximum atomic E-state index is 2.40. The van der Waals surface area contributed by atoms with Crippen LogP contribution in [0.25, 0.3) is 53.2 Å². The van der Waals surface area contributed by atoms with Gasteiger partial charge in [-0.1, -0.05) is 111 Å². The first-order valence-electron chi connectivity index (χ1n) is 15.6. The van der Waals surface area contributed by atoms with E-state index in [0.717, 1.165) is 11.4 Å². The molecule has 0 radical (unpaired) electrons. The number of para-hydroxylation sites is 1. The van der Waals surface area contributed by atoms with Gasteiger partial charge in [0.2, 0.25) is 0 Å². The molecule has 0 saturated heterocycles. The van der Waals surface area contributed by atoms with Gasteiger partial charge in [0.1, 0.15) is 0 Å². The quantitative estimate of drug-likeness (QED) is 0.196. The van der Waals surface area contributed by atoms with Gasteiger partial charge in [0.25, 0.3) is 0 Å². The van der Waals surface area contributed by atoms with Crippen LogP contribution in [-0.2, 0) is 5.41 Å². The molecule has 0 spiro atoms. The van der Waals surface area contributed by atoms with Gasteiger partial charge < -0.3 is 4.90 Å². The predicted octanol–water partition coefficient (Wildman–Crippen LogP) is 12.7. The smallest absolute Gasteiger partial charge is 0.0465 e. The zero-order valence-corrected chi connectivity index (χ0v) is 26.1. The summed E-state index contributed by atoms with van der Waals surface area (Å²) in [5, 5.41) is 5.26. The minimum atomic E-state index is -0.0532. The van der Waals surface area contributed by atoms with Gasteiger partial charge in [0.15, 0.2) is 0 Å². The highest BCUT2D eigenvalue weighted by Gasteiger charge is 2.35. The molecule has 1 aromatic heterocycles. The van der Waals surface area contributed by atoms with Crippen molar-refractivity contribution in [2.24, 2.45) is 0 Å². The number of hydrogen-bond acceptors (Lipinski definition) is 2. The number of anilines is 3. The molecule has 8 aromatic rings. The fraction of sp³-hybridized carbons (Fsp3) is 0.0698. The largest absolute Gasteiger partial charge is 0.310 e. The van der Waals surface area contributed by atoms with Crippen molar-refractivity contribution in [1.29, 1.82) is 0 Å². The summed E-state index contributed by atoms with van der Waals surface area (Å²) in [4.78, 5) is 2.38. The summed E-state index contributed by atoms with van der Waals surface area (Å²) in [6, 6.07) is 55.8. The van der Waals surface area contributed by atoms with E-state index in [-0.39, 0.29) is 5.41 Å². The molecule has 1 nitrogen and oxygen atoms in total. The van der Waals surface area contributed by atoms with Crippen LogP contribution < -0.4 is 4.90 Å². The number of nitrogens with zero attached hydrogens (tertiary/aromatic N) is 1. The second-order valence-electron chi connectivity index (χ2n) is 12.6. The topological polar surface area (TPSA) is 3.24 Å². The maximum Gasteiger partial charge on any atom is 0.0465 e. The Balaban J connectivity index is 1.15. The number of benzene rings is 7. The maximum absolute atomic E-state index is 2.40. The molecule has 1 heterocycles. The Labute approximate surface area is 267 Å². The molecule has 0 bridgehead atoms. The summed E-state index contributed by atoms with van der Waals surface area (Å²) in [5.74, 6) is 0. The van der Waals surface area contributed by atoms with Crippen molar-refractivity contribution in [1.82, 2.24) is 0 Å². The van der Waals surface area contributed by atoms with E-state index >= 15 is 0 Å². The minimum absolute atomic E-state index is 0.0532. The molecule has 0 saturated carbocycles. The normalized spacial score (nSPS) is 13.3. The third-order valence-electron chi connectivity index (χ3n) is 9.65. The summed E-state index contributed by atoms with van der Waals surface area (Å²) in [6.07, 6.45) is 0. The highest BCUT2D eigenvalue weighted by molar-refractivity contribution is 7.25. The summed E-state index contributed by atoms with van der Waals surface area (Å²) in [5.41, 5.74) is 11.4. The van der Waals surface area contributed by atoms with E-state index in [1.54, 1.807) is 0 Å². The first-order chi connectivity index (χ1) is 22.1. The van der Waals surface area contributed by atoms with E-state index in [1.807, 2.05) is 11.3 Å². The van der Waals surface area contributed by atoms with Gasteiger partial charge in [-0.3, -0.25) is 0 Å². The van der Waals surface area contributed by atoms with Gasteiger partial charge in [-0.2, -0.15) is 0 Å². The molecule has 9 rings (SSSR count). The predicted molar refractivity (Wildman–Crippen MR) is 195 cm³/mol. The molecule has 0 unspecified atom stereocenters. The van der Waals surface area contributed by atoms with Crippen LogP contribution in [0, 0.1) is 0 Å². The van der Waals surface area contributed by atoms with Gasteiger partial charge in [0.05, 0.1) is 0 Å². The zero-order chi connectivity index (χ0) is 30.1. The summed E-state index contributed by atoms with van der Waals surface area (Å²) in [7, 11) is 0. The third-order valence-corrected chi connectivity index (χ3v) is 10.8. The molecule has 0 amide bonds. The van der Waals surface area contributed by atoms with Gasteiger partial charge in [-0.25, -0.2) is 0 Å². The molecule has 214 valence electrons. The van der Waals surface area contributed by atoms with Crippen LogP contribution in [-0.4, -0.2) is 0 Å². The Morgan fingerprint density at radius 1 is 0.444 bits per heavy atom. The lowest BCUT2D eigenvalue weighted by Gasteiger charge is -2.28. The van der Waals surface area contributed by atoms with Gasteiger partial charge in [-0.15, -0.1) is 11.3 Å². The van der Waals surface area contributed by atoms with Crippen LogP contribution in [0.5, 0.6) is 0 Å². The molecule has 1 aliphatic rings. The van der Waals surface area contributed by atoms with E-state index in [0.29, 0.717) is 0 Å². The van der Waals surface area contributed by atoms with Crippen LogP contribution >= 0.6 is 11.3 Å². The van der Waals surface area contributed by atoms with Gasteiger partial charge >= 0.3 is 0 Å². The summed E-state index contributed by atoms with van der Waals surface area (Å²) in [6.45, 7) is 4.69.